The largest absolute Gasteiger partial charge is 0.271 e. The second-order valence-corrected chi connectivity index (χ2v) is 25.6. The minimum absolute atomic E-state index is 0.173. The van der Waals surface area contributed by atoms with Crippen molar-refractivity contribution in [2.45, 2.75) is 0 Å². The molecule has 0 atom stereocenters. The first-order valence-corrected chi connectivity index (χ1v) is 32.1. The minimum atomic E-state index is -0.186. The van der Waals surface area contributed by atoms with Gasteiger partial charge in [-0.3, -0.25) is 33.8 Å². The zero-order valence-electron chi connectivity index (χ0n) is 46.5. The number of carbonyl (C=O) groups is 3. The average Bonchev–Trinajstić information content (AvgIpc) is 2.92. The summed E-state index contributed by atoms with van der Waals surface area (Å²) in [6.45, 7) is 0. The number of fused-ring (bicyclic) bond motifs is 3. The highest BCUT2D eigenvalue weighted by molar-refractivity contribution is 8.20. The summed E-state index contributed by atoms with van der Waals surface area (Å²) < 4.78 is 3.91. The Balaban J connectivity index is 0.838. The number of carbonyl (C=O) groups excluding carboxylic acids is 3. The van der Waals surface area contributed by atoms with E-state index in [9.17, 15) is 14.4 Å². The van der Waals surface area contributed by atoms with E-state index in [4.69, 9.17) is 15.0 Å². The Morgan fingerprint density at radius 1 is 0.443 bits per heavy atom. The van der Waals surface area contributed by atoms with Gasteiger partial charge in [0.05, 0.1) is 76.3 Å². The van der Waals surface area contributed by atoms with Crippen molar-refractivity contribution in [3.63, 3.8) is 0 Å². The van der Waals surface area contributed by atoms with Gasteiger partial charge in [-0.1, -0.05) is 109 Å². The molecule has 15 rings (SSSR count). The van der Waals surface area contributed by atoms with Crippen LogP contribution < -0.4 is 14.7 Å². The number of aliphatic imine (C=N–C) groups is 3. The Bertz CT molecular complexity index is 4990. The number of thiazole rings is 1. The van der Waals surface area contributed by atoms with Crippen LogP contribution in [0.25, 0.3) is 71.0 Å². The van der Waals surface area contributed by atoms with Crippen molar-refractivity contribution < 1.29 is 14.4 Å². The zero-order chi connectivity index (χ0) is 59.2. The maximum Gasteiger partial charge on any atom is 0.271 e. The molecule has 12 aromatic rings. The molecule has 0 unspecified atom stereocenters. The quantitative estimate of drug-likeness (QED) is 0.117. The third kappa shape index (κ3) is 10.8. The summed E-state index contributed by atoms with van der Waals surface area (Å²) in [5.74, 6) is -0.542. The molecule has 88 heavy (non-hydrogen) atoms. The topological polar surface area (TPSA) is 129 Å². The fraction of sp³-hybridized carbons (Fsp3) is 0.0141. The van der Waals surface area contributed by atoms with Crippen molar-refractivity contribution in [1.29, 1.82) is 0 Å². The second-order valence-electron chi connectivity index (χ2n) is 20.6. The van der Waals surface area contributed by atoms with Crippen LogP contribution in [-0.2, 0) is 21.4 Å². The van der Waals surface area contributed by atoms with Crippen LogP contribution in [0, 0.1) is 0 Å². The lowest BCUT2D eigenvalue weighted by Gasteiger charge is -2.16. The van der Waals surface area contributed by atoms with Crippen molar-refractivity contribution in [1.82, 2.24) is 14.8 Å². The number of thiophene rings is 1. The van der Waals surface area contributed by atoms with Gasteiger partial charge in [-0.05, 0) is 202 Å². The summed E-state index contributed by atoms with van der Waals surface area (Å²) >= 11 is 7.23. The van der Waals surface area contributed by atoms with Gasteiger partial charge in [0.1, 0.15) is 0 Å². The molecule has 9 aromatic carbocycles. The molecule has 3 amide bonds. The number of rotatable bonds is 11. The Morgan fingerprint density at radius 3 is 1.59 bits per heavy atom. The maximum absolute atomic E-state index is 14.8. The van der Waals surface area contributed by atoms with Gasteiger partial charge in [0.15, 0.2) is 15.5 Å². The molecule has 0 saturated carbocycles. The first kappa shape index (κ1) is 54.6. The van der Waals surface area contributed by atoms with E-state index in [1.807, 2.05) is 236 Å². The molecule has 3 aromatic heterocycles. The number of thioether (sulfide) groups is 3. The molecule has 0 radical (unpaired) electrons. The number of amidine groups is 3. The Labute approximate surface area is 526 Å². The fourth-order valence-corrected chi connectivity index (χ4v) is 15.5. The lowest BCUT2D eigenvalue weighted by Crippen LogP contribution is -2.28. The number of hydrogen-bond acceptors (Lipinski definition) is 13. The standard InChI is InChI=1S/C71H45N9O3S5/c1-77-59-30-28-44(32-50(59)42-73-77)36-62-68(83)80(70(86-62)75-52-20-8-3-9-21-52)56-27-15-17-48(40-56)61-41-49-33-46(38-64-67(82)78(54-23-10-4-11-24-54)69(88-64)74-51-18-6-2-7-19-51)34-57(65(49)85-61)47-16-14-22-53(39-47)76-71-79(55-25-12-5-13-26-55)66(81)63(87-71)37-45-29-31-60-58(35-45)72-43-84-60/h2-43H,1H3/b62-36-,63-37-,64-38-,74-69?,75-70?,76-71?. The van der Waals surface area contributed by atoms with Crippen molar-refractivity contribution in [3.8, 4) is 21.6 Å². The van der Waals surface area contributed by atoms with E-state index >= 15 is 0 Å². The van der Waals surface area contributed by atoms with E-state index in [0.29, 0.717) is 53.0 Å². The Hall–Kier alpha value is -10.0. The van der Waals surface area contributed by atoms with Crippen LogP contribution in [0.2, 0.25) is 0 Å². The van der Waals surface area contributed by atoms with Crippen molar-refractivity contribution in [2.75, 3.05) is 14.7 Å². The predicted molar refractivity (Wildman–Crippen MR) is 369 cm³/mol. The van der Waals surface area contributed by atoms with Crippen LogP contribution in [0.3, 0.4) is 0 Å². The third-order valence-electron chi connectivity index (χ3n) is 14.8. The normalized spacial score (nSPS) is 17.4. The molecule has 3 aliphatic heterocycles. The molecule has 12 nitrogen and oxygen atoms in total. The molecule has 422 valence electrons. The van der Waals surface area contributed by atoms with Crippen LogP contribution in [-0.4, -0.2) is 48.0 Å². The number of benzene rings is 9. The van der Waals surface area contributed by atoms with Crippen LogP contribution in [0.5, 0.6) is 0 Å². The number of aromatic nitrogens is 3. The first-order chi connectivity index (χ1) is 43.2. The van der Waals surface area contributed by atoms with Crippen LogP contribution in [0.4, 0.5) is 34.1 Å². The molecule has 17 heteroatoms. The summed E-state index contributed by atoms with van der Waals surface area (Å²) in [6, 6.07) is 73.1. The maximum atomic E-state index is 14.8. The number of para-hydroxylation sites is 4. The second kappa shape index (κ2) is 23.3. The summed E-state index contributed by atoms with van der Waals surface area (Å²) in [6.07, 6.45) is 7.60. The lowest BCUT2D eigenvalue weighted by molar-refractivity contribution is -0.114. The molecule has 3 aliphatic rings. The molecular weight excluding hydrogens is 1190 g/mol. The van der Waals surface area contributed by atoms with Crippen molar-refractivity contribution in [2.24, 2.45) is 22.0 Å². The van der Waals surface area contributed by atoms with Gasteiger partial charge in [0, 0.05) is 27.6 Å². The number of nitrogens with zero attached hydrogens (tertiary/aromatic N) is 9. The van der Waals surface area contributed by atoms with E-state index in [-0.39, 0.29) is 17.7 Å². The summed E-state index contributed by atoms with van der Waals surface area (Å²) in [7, 11) is 1.91. The van der Waals surface area contributed by atoms with Crippen LogP contribution in [0.1, 0.15) is 16.7 Å². The van der Waals surface area contributed by atoms with Gasteiger partial charge in [0.2, 0.25) is 0 Å². The van der Waals surface area contributed by atoms with Gasteiger partial charge in [-0.15, -0.1) is 22.7 Å². The minimum Gasteiger partial charge on any atom is -0.268 e. The van der Waals surface area contributed by atoms with Crippen molar-refractivity contribution >= 4 is 175 Å². The van der Waals surface area contributed by atoms with Gasteiger partial charge < -0.3 is 0 Å². The van der Waals surface area contributed by atoms with E-state index in [0.717, 1.165) is 80.8 Å². The van der Waals surface area contributed by atoms with E-state index in [2.05, 4.69) is 40.4 Å². The van der Waals surface area contributed by atoms with E-state index in [1.165, 1.54) is 35.3 Å². The van der Waals surface area contributed by atoms with Crippen molar-refractivity contribution in [3.05, 3.63) is 268 Å². The number of hydrogen-bond donors (Lipinski definition) is 0. The predicted octanol–water partition coefficient (Wildman–Crippen LogP) is 18.2. The van der Waals surface area contributed by atoms with Gasteiger partial charge in [-0.25, -0.2) is 20.0 Å². The Morgan fingerprint density at radius 2 is 0.955 bits per heavy atom. The number of aryl methyl sites for hydroxylation is 1. The van der Waals surface area contributed by atoms with Gasteiger partial charge in [0.25, 0.3) is 17.7 Å². The highest BCUT2D eigenvalue weighted by Crippen LogP contribution is 2.46. The summed E-state index contributed by atoms with van der Waals surface area (Å²) in [5, 5.41) is 7.96. The van der Waals surface area contributed by atoms with E-state index < -0.39 is 0 Å². The highest BCUT2D eigenvalue weighted by atomic mass is 32.2. The Kier molecular flexibility index (Phi) is 14.5. The molecule has 0 bridgehead atoms. The molecule has 0 aliphatic carbocycles. The molecule has 3 fully saturated rings. The van der Waals surface area contributed by atoms with Gasteiger partial charge in [-0.2, -0.15) is 5.10 Å². The number of anilines is 3. The molecular formula is C71H45N9O3S5. The smallest absolute Gasteiger partial charge is 0.268 e. The third-order valence-corrected chi connectivity index (χ3v) is 19.8. The number of amides is 3. The highest BCUT2D eigenvalue weighted by Gasteiger charge is 2.38. The monoisotopic (exact) mass is 1230 g/mol. The molecule has 0 N–H and O–H groups in total. The zero-order valence-corrected chi connectivity index (χ0v) is 50.6. The van der Waals surface area contributed by atoms with E-state index in [1.54, 1.807) is 37.4 Å². The first-order valence-electron chi connectivity index (χ1n) is 27.9. The molecule has 0 spiro atoms. The molecule has 6 heterocycles. The summed E-state index contributed by atoms with van der Waals surface area (Å²) in [5.41, 5.74) is 13.2. The SMILES string of the molecule is Cn1ncc2cc(/C=C3\SC(=Nc4ccccc4)N(c4cccc(-c5cc6cc(/C=C7\SC(=Nc8ccccc8)N(c8ccccc8)C7=O)cc(-c7cccc(N=C8S/C(=C\c9ccc%10scnc%10c9)C(=O)N8c8ccccc8)c7)c6s5)c4)C3=O)ccc21. The fourth-order valence-electron chi connectivity index (χ4n) is 10.7. The van der Waals surface area contributed by atoms with Crippen LogP contribution >= 0.6 is 58.0 Å². The summed E-state index contributed by atoms with van der Waals surface area (Å²) in [4.78, 5) is 71.5. The lowest BCUT2D eigenvalue weighted by atomic mass is 9.99. The van der Waals surface area contributed by atoms with Gasteiger partial charge >= 0.3 is 0 Å². The van der Waals surface area contributed by atoms with Crippen LogP contribution in [0.15, 0.2) is 266 Å². The molecule has 3 saturated heterocycles. The average molecular weight is 1230 g/mol.